The van der Waals surface area contributed by atoms with Crippen molar-refractivity contribution in [3.8, 4) is 0 Å². The minimum atomic E-state index is 0.492. The van der Waals surface area contributed by atoms with E-state index in [9.17, 15) is 0 Å². The van der Waals surface area contributed by atoms with Crippen LogP contribution in [0.15, 0.2) is 17.3 Å². The molecule has 1 aliphatic carbocycles. The molecule has 0 spiro atoms. The van der Waals surface area contributed by atoms with Crippen molar-refractivity contribution in [3.05, 3.63) is 23.8 Å². The average Bonchev–Trinajstić information content (AvgIpc) is 2.37. The first-order valence-electron chi connectivity index (χ1n) is 6.34. The Balaban J connectivity index is 1.95. The predicted octanol–water partition coefficient (Wildman–Crippen LogP) is 2.22. The number of nitrogens with zero attached hydrogens (tertiary/aromatic N) is 3. The lowest BCUT2D eigenvalue weighted by Crippen LogP contribution is -2.25. The highest BCUT2D eigenvalue weighted by Gasteiger charge is 2.16. The Morgan fingerprint density at radius 1 is 1.41 bits per heavy atom. The minimum absolute atomic E-state index is 0.492. The molecule has 4 nitrogen and oxygen atoms in total. The van der Waals surface area contributed by atoms with Crippen LogP contribution in [0.2, 0.25) is 0 Å². The molecule has 0 atom stereocenters. The van der Waals surface area contributed by atoms with Crippen LogP contribution in [-0.2, 0) is 6.54 Å². The van der Waals surface area contributed by atoms with Gasteiger partial charge in [-0.3, -0.25) is 4.99 Å². The van der Waals surface area contributed by atoms with E-state index in [1.54, 1.807) is 6.20 Å². The number of rotatable bonds is 3. The van der Waals surface area contributed by atoms with E-state index in [2.05, 4.69) is 15.0 Å². The molecule has 92 valence electrons. The van der Waals surface area contributed by atoms with Crippen molar-refractivity contribution in [2.24, 2.45) is 16.6 Å². The fourth-order valence-corrected chi connectivity index (χ4v) is 2.29. The van der Waals surface area contributed by atoms with E-state index < -0.39 is 0 Å². The molecule has 0 unspecified atom stereocenters. The van der Waals surface area contributed by atoms with E-state index in [0.29, 0.717) is 12.5 Å². The Kier molecular flexibility index (Phi) is 4.07. The topological polar surface area (TPSA) is 64.2 Å². The van der Waals surface area contributed by atoms with Crippen LogP contribution < -0.4 is 5.73 Å². The zero-order valence-electron chi connectivity index (χ0n) is 10.4. The number of aromatic nitrogens is 2. The average molecular weight is 232 g/mol. The molecule has 0 amide bonds. The van der Waals surface area contributed by atoms with E-state index >= 15 is 0 Å². The quantitative estimate of drug-likeness (QED) is 0.642. The largest absolute Gasteiger partial charge is 0.387 e. The zero-order valence-corrected chi connectivity index (χ0v) is 10.4. The first-order valence-corrected chi connectivity index (χ1v) is 6.34. The van der Waals surface area contributed by atoms with Crippen LogP contribution in [0.4, 0.5) is 0 Å². The standard InChI is InChI=1S/C13H20N4/c1-10-15-8-7-12(17-10)9-16-13(14)11-5-3-2-4-6-11/h7-8,11H,2-6,9H2,1H3,(H2,14,16). The van der Waals surface area contributed by atoms with Crippen LogP contribution in [0.1, 0.15) is 43.6 Å². The molecule has 4 heteroatoms. The van der Waals surface area contributed by atoms with E-state index in [0.717, 1.165) is 17.4 Å². The number of aliphatic imine (C=N–C) groups is 1. The first-order chi connectivity index (χ1) is 8.25. The molecule has 0 saturated heterocycles. The van der Waals surface area contributed by atoms with Crippen LogP contribution >= 0.6 is 0 Å². The highest BCUT2D eigenvalue weighted by atomic mass is 14.9. The van der Waals surface area contributed by atoms with Gasteiger partial charge in [0, 0.05) is 12.1 Å². The van der Waals surface area contributed by atoms with Crippen molar-refractivity contribution in [3.63, 3.8) is 0 Å². The van der Waals surface area contributed by atoms with Crippen molar-refractivity contribution in [1.82, 2.24) is 9.97 Å². The summed E-state index contributed by atoms with van der Waals surface area (Å²) in [7, 11) is 0. The maximum absolute atomic E-state index is 6.04. The van der Waals surface area contributed by atoms with E-state index in [4.69, 9.17) is 5.73 Å². The van der Waals surface area contributed by atoms with Gasteiger partial charge in [0.15, 0.2) is 0 Å². The van der Waals surface area contributed by atoms with Gasteiger partial charge in [-0.05, 0) is 25.8 Å². The maximum Gasteiger partial charge on any atom is 0.125 e. The fourth-order valence-electron chi connectivity index (χ4n) is 2.29. The van der Waals surface area contributed by atoms with Gasteiger partial charge in [0.05, 0.1) is 18.1 Å². The zero-order chi connectivity index (χ0) is 12.1. The highest BCUT2D eigenvalue weighted by Crippen LogP contribution is 2.23. The van der Waals surface area contributed by atoms with Crippen LogP contribution in [0.25, 0.3) is 0 Å². The molecular formula is C13H20N4. The fraction of sp³-hybridized carbons (Fsp3) is 0.615. The smallest absolute Gasteiger partial charge is 0.125 e. The molecule has 1 saturated carbocycles. The van der Waals surface area contributed by atoms with Crippen LogP contribution in [0, 0.1) is 12.8 Å². The summed E-state index contributed by atoms with van der Waals surface area (Å²) in [5, 5.41) is 0. The molecule has 0 aliphatic heterocycles. The van der Waals surface area contributed by atoms with E-state index in [1.165, 1.54) is 32.1 Å². The number of hydrogen-bond acceptors (Lipinski definition) is 3. The summed E-state index contributed by atoms with van der Waals surface area (Å²) in [6.07, 6.45) is 8.07. The monoisotopic (exact) mass is 232 g/mol. The van der Waals surface area contributed by atoms with Gasteiger partial charge in [0.1, 0.15) is 5.82 Å². The molecule has 0 aromatic carbocycles. The van der Waals surface area contributed by atoms with Gasteiger partial charge >= 0.3 is 0 Å². The van der Waals surface area contributed by atoms with Gasteiger partial charge in [-0.2, -0.15) is 0 Å². The third-order valence-corrected chi connectivity index (χ3v) is 3.28. The van der Waals surface area contributed by atoms with Crippen molar-refractivity contribution in [2.45, 2.75) is 45.6 Å². The molecule has 1 aromatic rings. The Morgan fingerprint density at radius 3 is 2.88 bits per heavy atom. The number of amidine groups is 1. The Morgan fingerprint density at radius 2 is 2.18 bits per heavy atom. The number of aryl methyl sites for hydroxylation is 1. The van der Waals surface area contributed by atoms with Crippen LogP contribution in [-0.4, -0.2) is 15.8 Å². The summed E-state index contributed by atoms with van der Waals surface area (Å²) in [4.78, 5) is 12.8. The Hall–Kier alpha value is -1.45. The summed E-state index contributed by atoms with van der Waals surface area (Å²) >= 11 is 0. The van der Waals surface area contributed by atoms with E-state index in [-0.39, 0.29) is 0 Å². The molecule has 1 heterocycles. The van der Waals surface area contributed by atoms with Gasteiger partial charge in [-0.25, -0.2) is 9.97 Å². The van der Waals surface area contributed by atoms with Gasteiger partial charge in [0.25, 0.3) is 0 Å². The molecule has 2 rings (SSSR count). The second-order valence-electron chi connectivity index (χ2n) is 4.67. The molecule has 0 bridgehead atoms. The van der Waals surface area contributed by atoms with Gasteiger partial charge < -0.3 is 5.73 Å². The van der Waals surface area contributed by atoms with Crippen molar-refractivity contribution >= 4 is 5.84 Å². The van der Waals surface area contributed by atoms with Gasteiger partial charge in [0.2, 0.25) is 0 Å². The normalized spacial score (nSPS) is 18.3. The van der Waals surface area contributed by atoms with Crippen molar-refractivity contribution < 1.29 is 0 Å². The van der Waals surface area contributed by atoms with Crippen LogP contribution in [0.3, 0.4) is 0 Å². The van der Waals surface area contributed by atoms with Crippen LogP contribution in [0.5, 0.6) is 0 Å². The number of hydrogen-bond donors (Lipinski definition) is 1. The molecule has 1 aliphatic rings. The predicted molar refractivity (Wildman–Crippen MR) is 68.7 cm³/mol. The summed E-state index contributed by atoms with van der Waals surface area (Å²) in [6, 6.07) is 1.89. The lowest BCUT2D eigenvalue weighted by Gasteiger charge is -2.20. The second-order valence-corrected chi connectivity index (χ2v) is 4.67. The molecular weight excluding hydrogens is 212 g/mol. The molecule has 1 fully saturated rings. The van der Waals surface area contributed by atoms with Gasteiger partial charge in [-0.15, -0.1) is 0 Å². The van der Waals surface area contributed by atoms with Crippen molar-refractivity contribution in [1.29, 1.82) is 0 Å². The van der Waals surface area contributed by atoms with Gasteiger partial charge in [-0.1, -0.05) is 19.3 Å². The second kappa shape index (κ2) is 5.75. The highest BCUT2D eigenvalue weighted by molar-refractivity contribution is 5.82. The molecule has 17 heavy (non-hydrogen) atoms. The summed E-state index contributed by atoms with van der Waals surface area (Å²) in [5.41, 5.74) is 6.98. The SMILES string of the molecule is Cc1nccc(CN=C(N)C2CCCCC2)n1. The third kappa shape index (κ3) is 3.51. The molecule has 1 aromatic heterocycles. The van der Waals surface area contributed by atoms with Crippen molar-refractivity contribution in [2.75, 3.05) is 0 Å². The Bertz CT molecular complexity index is 394. The molecule has 2 N–H and O–H groups in total. The number of nitrogens with two attached hydrogens (primary N) is 1. The summed E-state index contributed by atoms with van der Waals surface area (Å²) in [5.74, 6) is 2.08. The molecule has 0 radical (unpaired) electrons. The summed E-state index contributed by atoms with van der Waals surface area (Å²) in [6.45, 7) is 2.46. The lowest BCUT2D eigenvalue weighted by atomic mass is 9.88. The lowest BCUT2D eigenvalue weighted by molar-refractivity contribution is 0.436. The Labute approximate surface area is 102 Å². The first kappa shape index (κ1) is 12.0. The third-order valence-electron chi connectivity index (χ3n) is 3.28. The minimum Gasteiger partial charge on any atom is -0.387 e. The van der Waals surface area contributed by atoms with E-state index in [1.807, 2.05) is 13.0 Å². The maximum atomic E-state index is 6.04. The summed E-state index contributed by atoms with van der Waals surface area (Å²) < 4.78 is 0.